The second-order valence-corrected chi connectivity index (χ2v) is 9.50. The number of carbonyl (C=O) groups excluding carboxylic acids is 1. The standard InChI is InChI=1S/C26H24ClN3O2S/c1-2-32-18-13-11-17(12-14-18)29-25(31)24-22(28)21-19-5-3-4-6-20(19)23(30-26(21)33-24)15-7-9-16(27)10-8-15/h7-14H,2-6,28H2,1H3,(H,29,31). The molecule has 2 aromatic heterocycles. The zero-order chi connectivity index (χ0) is 22.9. The van der Waals surface area contributed by atoms with Crippen LogP contribution in [0, 0.1) is 0 Å². The molecule has 0 fully saturated rings. The minimum atomic E-state index is -0.225. The van der Waals surface area contributed by atoms with Crippen LogP contribution in [-0.4, -0.2) is 17.5 Å². The van der Waals surface area contributed by atoms with Crippen molar-refractivity contribution in [2.45, 2.75) is 32.6 Å². The Hall–Kier alpha value is -3.09. The second kappa shape index (κ2) is 9.04. The predicted molar refractivity (Wildman–Crippen MR) is 137 cm³/mol. The molecule has 1 aliphatic rings. The summed E-state index contributed by atoms with van der Waals surface area (Å²) in [6.07, 6.45) is 4.13. The van der Waals surface area contributed by atoms with E-state index in [0.717, 1.165) is 52.9 Å². The Morgan fingerprint density at radius 2 is 1.79 bits per heavy atom. The van der Waals surface area contributed by atoms with Crippen LogP contribution in [0.4, 0.5) is 11.4 Å². The fourth-order valence-electron chi connectivity index (χ4n) is 4.42. The number of nitrogen functional groups attached to an aromatic ring is 1. The molecule has 5 rings (SSSR count). The lowest BCUT2D eigenvalue weighted by atomic mass is 9.87. The maximum Gasteiger partial charge on any atom is 0.267 e. The van der Waals surface area contributed by atoms with E-state index in [2.05, 4.69) is 5.32 Å². The van der Waals surface area contributed by atoms with Crippen molar-refractivity contribution < 1.29 is 9.53 Å². The molecule has 0 spiro atoms. The number of aryl methyl sites for hydroxylation is 1. The molecular formula is C26H24ClN3O2S. The highest BCUT2D eigenvalue weighted by Crippen LogP contribution is 2.42. The van der Waals surface area contributed by atoms with Crippen LogP contribution in [0.2, 0.25) is 5.02 Å². The van der Waals surface area contributed by atoms with Gasteiger partial charge >= 0.3 is 0 Å². The smallest absolute Gasteiger partial charge is 0.267 e. The van der Waals surface area contributed by atoms with Crippen molar-refractivity contribution in [1.29, 1.82) is 0 Å². The van der Waals surface area contributed by atoms with E-state index >= 15 is 0 Å². The summed E-state index contributed by atoms with van der Waals surface area (Å²) in [5.41, 5.74) is 12.2. The molecule has 0 saturated heterocycles. The number of nitrogens with one attached hydrogen (secondary N) is 1. The molecular weight excluding hydrogens is 454 g/mol. The number of benzene rings is 2. The maximum absolute atomic E-state index is 13.1. The van der Waals surface area contributed by atoms with Crippen molar-refractivity contribution in [1.82, 2.24) is 4.98 Å². The van der Waals surface area contributed by atoms with Crippen LogP contribution in [0.25, 0.3) is 21.5 Å². The molecule has 168 valence electrons. The summed E-state index contributed by atoms with van der Waals surface area (Å²) in [5, 5.41) is 4.59. The summed E-state index contributed by atoms with van der Waals surface area (Å²) in [6, 6.07) is 15.1. The van der Waals surface area contributed by atoms with Crippen LogP contribution in [0.15, 0.2) is 48.5 Å². The largest absolute Gasteiger partial charge is 0.494 e. The molecule has 0 bridgehead atoms. The third-order valence-corrected chi connectivity index (χ3v) is 7.29. The van der Waals surface area contributed by atoms with Crippen LogP contribution >= 0.6 is 22.9 Å². The number of aromatic nitrogens is 1. The van der Waals surface area contributed by atoms with E-state index in [1.54, 1.807) is 0 Å². The molecule has 0 unspecified atom stereocenters. The van der Waals surface area contributed by atoms with Crippen LogP contribution in [0.5, 0.6) is 5.75 Å². The highest BCUT2D eigenvalue weighted by molar-refractivity contribution is 7.21. The molecule has 0 aliphatic heterocycles. The van der Waals surface area contributed by atoms with Gasteiger partial charge in [0, 0.05) is 21.7 Å². The first kappa shape index (κ1) is 21.7. The summed E-state index contributed by atoms with van der Waals surface area (Å²) in [6.45, 7) is 2.53. The van der Waals surface area contributed by atoms with E-state index in [9.17, 15) is 4.79 Å². The normalized spacial score (nSPS) is 13.0. The Bertz CT molecular complexity index is 1330. The number of anilines is 2. The summed E-state index contributed by atoms with van der Waals surface area (Å²) >= 11 is 7.45. The van der Waals surface area contributed by atoms with E-state index < -0.39 is 0 Å². The van der Waals surface area contributed by atoms with Gasteiger partial charge in [-0.1, -0.05) is 23.7 Å². The number of halogens is 1. The van der Waals surface area contributed by atoms with E-state index in [1.807, 2.05) is 55.5 Å². The Labute approximate surface area is 201 Å². The first-order valence-corrected chi connectivity index (χ1v) is 12.3. The van der Waals surface area contributed by atoms with Gasteiger partial charge in [-0.25, -0.2) is 4.98 Å². The van der Waals surface area contributed by atoms with Crippen LogP contribution in [0.3, 0.4) is 0 Å². The van der Waals surface area contributed by atoms with Gasteiger partial charge in [-0.2, -0.15) is 0 Å². The number of thiophene rings is 1. The molecule has 1 aliphatic carbocycles. The minimum absolute atomic E-state index is 0.225. The monoisotopic (exact) mass is 477 g/mol. The second-order valence-electron chi connectivity index (χ2n) is 8.07. The summed E-state index contributed by atoms with van der Waals surface area (Å²) in [7, 11) is 0. The third kappa shape index (κ3) is 4.16. The van der Waals surface area contributed by atoms with Gasteiger partial charge in [0.2, 0.25) is 0 Å². The third-order valence-electron chi connectivity index (χ3n) is 5.94. The number of nitrogens with two attached hydrogens (primary N) is 1. The van der Waals surface area contributed by atoms with Crippen molar-refractivity contribution >= 4 is 50.4 Å². The number of nitrogens with zero attached hydrogens (tertiary/aromatic N) is 1. The molecule has 0 radical (unpaired) electrons. The van der Waals surface area contributed by atoms with Gasteiger partial charge in [0.15, 0.2) is 0 Å². The minimum Gasteiger partial charge on any atom is -0.494 e. The first-order chi connectivity index (χ1) is 16.0. The van der Waals surface area contributed by atoms with E-state index in [-0.39, 0.29) is 5.91 Å². The summed E-state index contributed by atoms with van der Waals surface area (Å²) in [5.74, 6) is 0.541. The molecule has 3 N–H and O–H groups in total. The molecule has 33 heavy (non-hydrogen) atoms. The Morgan fingerprint density at radius 1 is 1.09 bits per heavy atom. The zero-order valence-corrected chi connectivity index (χ0v) is 19.9. The molecule has 0 saturated carbocycles. The average molecular weight is 478 g/mol. The van der Waals surface area contributed by atoms with Crippen LogP contribution < -0.4 is 15.8 Å². The van der Waals surface area contributed by atoms with Crippen LogP contribution in [0.1, 0.15) is 40.6 Å². The quantitative estimate of drug-likeness (QED) is 0.334. The lowest BCUT2D eigenvalue weighted by molar-refractivity contribution is 0.103. The maximum atomic E-state index is 13.1. The highest BCUT2D eigenvalue weighted by Gasteiger charge is 2.25. The van der Waals surface area contributed by atoms with Crippen molar-refractivity contribution in [3.05, 3.63) is 69.6 Å². The molecule has 4 aromatic rings. The molecule has 1 amide bonds. The number of amides is 1. The van der Waals surface area contributed by atoms with Gasteiger partial charge in [0.25, 0.3) is 5.91 Å². The van der Waals surface area contributed by atoms with E-state index in [0.29, 0.717) is 27.9 Å². The lowest BCUT2D eigenvalue weighted by Crippen LogP contribution is -2.12. The number of ether oxygens (including phenoxy) is 1. The lowest BCUT2D eigenvalue weighted by Gasteiger charge is -2.20. The first-order valence-electron chi connectivity index (χ1n) is 11.1. The fraction of sp³-hybridized carbons (Fsp3) is 0.231. The number of hydrogen-bond acceptors (Lipinski definition) is 5. The average Bonchev–Trinajstić information content (AvgIpc) is 3.17. The van der Waals surface area contributed by atoms with Crippen molar-refractivity contribution in [2.75, 3.05) is 17.7 Å². The van der Waals surface area contributed by atoms with Crippen LogP contribution in [-0.2, 0) is 12.8 Å². The zero-order valence-electron chi connectivity index (χ0n) is 18.3. The predicted octanol–water partition coefficient (Wildman–Crippen LogP) is 6.73. The van der Waals surface area contributed by atoms with Crippen molar-refractivity contribution in [3.63, 3.8) is 0 Å². The van der Waals surface area contributed by atoms with Crippen molar-refractivity contribution in [3.8, 4) is 17.0 Å². The summed E-state index contributed by atoms with van der Waals surface area (Å²) in [4.78, 5) is 19.4. The van der Waals surface area contributed by atoms with Gasteiger partial charge in [-0.05, 0) is 80.1 Å². The molecule has 2 aromatic carbocycles. The van der Waals surface area contributed by atoms with Crippen molar-refractivity contribution in [2.24, 2.45) is 0 Å². The summed E-state index contributed by atoms with van der Waals surface area (Å²) < 4.78 is 5.47. The number of pyridine rings is 1. The Morgan fingerprint density at radius 3 is 2.48 bits per heavy atom. The van der Waals surface area contributed by atoms with E-state index in [1.165, 1.54) is 22.5 Å². The topological polar surface area (TPSA) is 77.2 Å². The van der Waals surface area contributed by atoms with Gasteiger partial charge in [0.1, 0.15) is 15.5 Å². The number of hydrogen-bond donors (Lipinski definition) is 2. The molecule has 5 nitrogen and oxygen atoms in total. The van der Waals surface area contributed by atoms with Gasteiger partial charge < -0.3 is 15.8 Å². The molecule has 0 atom stereocenters. The van der Waals surface area contributed by atoms with Gasteiger partial charge in [-0.3, -0.25) is 4.79 Å². The number of fused-ring (bicyclic) bond motifs is 3. The van der Waals surface area contributed by atoms with Gasteiger partial charge in [-0.15, -0.1) is 11.3 Å². The van der Waals surface area contributed by atoms with E-state index in [4.69, 9.17) is 27.1 Å². The number of rotatable bonds is 5. The highest BCUT2D eigenvalue weighted by atomic mass is 35.5. The fourth-order valence-corrected chi connectivity index (χ4v) is 5.56. The number of carbonyl (C=O) groups is 1. The molecule has 2 heterocycles. The Balaban J connectivity index is 1.55. The Kier molecular flexibility index (Phi) is 5.96. The molecule has 7 heteroatoms. The SMILES string of the molecule is CCOc1ccc(NC(=O)c2sc3nc(-c4ccc(Cl)cc4)c4c(c3c2N)CCCC4)cc1. The van der Waals surface area contributed by atoms with Gasteiger partial charge in [0.05, 0.1) is 18.0 Å².